The Morgan fingerprint density at radius 2 is 0.804 bits per heavy atom. The van der Waals surface area contributed by atoms with Gasteiger partial charge in [0.2, 0.25) is 70.5 Å². The summed E-state index contributed by atoms with van der Waals surface area (Å²) in [4.78, 5) is 247. The highest BCUT2D eigenvalue weighted by molar-refractivity contribution is 6.39. The molecule has 0 spiro atoms. The van der Waals surface area contributed by atoms with Gasteiger partial charge in [0, 0.05) is 58.2 Å². The first-order chi connectivity index (χ1) is 65.3. The lowest BCUT2D eigenvalue weighted by atomic mass is 10.0. The third kappa shape index (κ3) is 25.3. The van der Waals surface area contributed by atoms with E-state index in [1.165, 1.54) is 28.3 Å². The zero-order chi connectivity index (χ0) is 97.1. The summed E-state index contributed by atoms with van der Waals surface area (Å²) in [5.74, 6) is -14.4. The van der Waals surface area contributed by atoms with E-state index >= 15 is 0 Å². The van der Waals surface area contributed by atoms with Gasteiger partial charge < -0.3 is 65.2 Å². The number of carbonyl (C=O) groups is 18. The zero-order valence-corrected chi connectivity index (χ0v) is 75.2. The third-order valence-corrected chi connectivity index (χ3v) is 24.2. The van der Waals surface area contributed by atoms with Gasteiger partial charge in [-0.3, -0.25) is 101 Å². The lowest BCUT2D eigenvalue weighted by Gasteiger charge is -2.43. The molecule has 6 saturated heterocycles. The smallest absolute Gasteiger partial charge is 0.305 e. The molecule has 0 saturated carbocycles. The number of hydrogen-bond acceptors (Lipinski definition) is 25. The molecule has 3 aromatic heterocycles. The number of hydrogen-bond donors (Lipinski definition) is 9. The molecule has 6 aliphatic rings. The lowest BCUT2D eigenvalue weighted by Crippen LogP contribution is -2.64. The fourth-order valence-corrected chi connectivity index (χ4v) is 17.3. The molecular formula is C96H105Cl2N15O25. The fourth-order valence-electron chi connectivity index (χ4n) is 16.8. The van der Waals surface area contributed by atoms with Gasteiger partial charge in [0.05, 0.1) is 48.2 Å². The number of Topliss-reactive ketones (excluding diaryl/α,β-unsaturated/α-hetero) is 3. The molecular weight excluding hydrogens is 1830 g/mol. The molecule has 0 aliphatic carbocycles. The minimum Gasteiger partial charge on any atom is -0.494 e. The molecule has 9 atom stereocenters. The highest BCUT2D eigenvalue weighted by Crippen LogP contribution is 2.37. The summed E-state index contributed by atoms with van der Waals surface area (Å²) in [5, 5.41) is 51.3. The van der Waals surface area contributed by atoms with Crippen LogP contribution in [0.4, 0.5) is 0 Å². The summed E-state index contributed by atoms with van der Waals surface area (Å²) in [6.45, 7) is 2.32. The molecule has 6 aromatic carbocycles. The number of aliphatic carboxylic acids is 3. The standard InChI is InChI=1S/C32H31Cl2N5O8.C31H33N5O9.C31H33N5O8.2CH4/c33-19-8-4-9-20(34)28(19)24-17-35-31(47-24)29(44)22(16-27(42)43)37-30(45)23-10-5-15-38-26(41)14-12-21(32(46)39(23)38)36-25(40)13-11-18-6-2-1-3-7-18;1-44-22-10-5-11-23-27(22)34-30(45-23)28(41)20(17-26(39)40)33-29(42)21-9-6-16-35-25(38)15-13-19(31(43)36(21)35)32-24(37)14-12-18-7-3-2-4-8-18;1-18-7-5-10-20-28(18)44-30(34-20)27(41)22(17-26(39)40)33-29(42)23-11-6-16-35-25(38)15-13-21(31(43)36(23)35)32-24(37)14-12-19-8-3-2-4-9-19;;/h1-4,6-9,17,21-23H,5,10-16H2,(H,36,40)(H,37,45)(H,42,43);2-5,7-8,10-11,19-21H,6,9,12-17H2,1H3,(H,32,37)(H,33,42)(H,39,40);2-5,7-10,21-23H,6,11-17H2,1H3,(H,32,37)(H,33,42)(H,39,40);2*1H4/t21-,22-,23-;19-,20-,21-;21-,22-,23-;;/m000../s1. The first-order valence-corrected chi connectivity index (χ1v) is 44.9. The molecule has 9 heterocycles. The van der Waals surface area contributed by atoms with Crippen molar-refractivity contribution in [3.63, 3.8) is 0 Å². The van der Waals surface area contributed by atoms with Crippen LogP contribution < -0.4 is 36.6 Å². The fraction of sp³-hybridized carbons (Fsp3) is 0.385. The average Bonchev–Trinajstić information content (AvgIpc) is 1.50. The zero-order valence-electron chi connectivity index (χ0n) is 73.7. The van der Waals surface area contributed by atoms with Gasteiger partial charge in [-0.2, -0.15) is 0 Å². The summed E-state index contributed by atoms with van der Waals surface area (Å²) < 4.78 is 22.0. The van der Waals surface area contributed by atoms with E-state index in [2.05, 4.69) is 46.9 Å². The first kappa shape index (κ1) is 103. The Bertz CT molecular complexity index is 6050. The number of halogens is 2. The Hall–Kier alpha value is -15.1. The van der Waals surface area contributed by atoms with Crippen LogP contribution >= 0.6 is 23.2 Å². The van der Waals surface area contributed by atoms with E-state index in [9.17, 15) is 102 Å². The molecule has 42 heteroatoms. The SMILES string of the molecule is C.C.COc1cccc2oc(C(=O)[C@H](CC(=O)O)NC(=O)[C@@H]3CCCN4C(=O)CC[C@H](NC(=O)CCc5ccccc5)C(=O)N34)nc12.Cc1cccc2nc(C(=O)[C@H](CC(=O)O)NC(=O)[C@@H]3CCCN4C(=O)CC[C@H](NC(=O)CCc5ccccc5)C(=O)N34)oc12.O=C(O)C[C@H](NC(=O)[C@@H]1CCCN2C(=O)CC[C@H](NC(=O)CCc3ccccc3)C(=O)N12)C(=O)c1ncc(-c2c(Cl)cccc2Cl)o1. The van der Waals surface area contributed by atoms with E-state index in [0.29, 0.717) is 55.4 Å². The maximum absolute atomic E-state index is 13.8. The van der Waals surface area contributed by atoms with E-state index < -0.39 is 162 Å². The van der Waals surface area contributed by atoms with E-state index in [-0.39, 0.29) is 179 Å². The quantitative estimate of drug-likeness (QED) is 0.0179. The van der Waals surface area contributed by atoms with Gasteiger partial charge in [0.25, 0.3) is 35.4 Å². The predicted octanol–water partition coefficient (Wildman–Crippen LogP) is 8.26. The number of ketones is 3. The predicted molar refractivity (Wildman–Crippen MR) is 493 cm³/mol. The Labute approximate surface area is 800 Å². The highest BCUT2D eigenvalue weighted by Gasteiger charge is 2.50. The lowest BCUT2D eigenvalue weighted by molar-refractivity contribution is -0.176. The molecule has 12 amide bonds. The molecule has 40 nitrogen and oxygen atoms in total. The van der Waals surface area contributed by atoms with Crippen LogP contribution in [-0.2, 0) is 91.2 Å². The normalized spacial score (nSPS) is 18.6. The van der Waals surface area contributed by atoms with Crippen molar-refractivity contribution in [2.24, 2.45) is 0 Å². The Kier molecular flexibility index (Phi) is 35.5. The second-order valence-electron chi connectivity index (χ2n) is 33.0. The molecule has 138 heavy (non-hydrogen) atoms. The molecule has 9 N–H and O–H groups in total. The third-order valence-electron chi connectivity index (χ3n) is 23.5. The number of carboxylic acid groups (broad SMARTS) is 3. The molecule has 0 bridgehead atoms. The number of oxazole rings is 3. The van der Waals surface area contributed by atoms with Crippen molar-refractivity contribution >= 4 is 152 Å². The largest absolute Gasteiger partial charge is 0.494 e. The number of rotatable bonds is 32. The van der Waals surface area contributed by atoms with Crippen molar-refractivity contribution in [1.82, 2.24) is 76.9 Å². The molecule has 15 rings (SSSR count). The number of ether oxygens (including phenoxy) is 1. The summed E-state index contributed by atoms with van der Waals surface area (Å²) in [6.07, 6.45) is 2.20. The van der Waals surface area contributed by atoms with Crippen LogP contribution in [0, 0.1) is 6.92 Å². The average molecular weight is 1940 g/mol. The van der Waals surface area contributed by atoms with Crippen molar-refractivity contribution in [1.29, 1.82) is 0 Å². The van der Waals surface area contributed by atoms with Gasteiger partial charge in [0.15, 0.2) is 22.4 Å². The van der Waals surface area contributed by atoms with Gasteiger partial charge in [-0.05, 0) is 137 Å². The molecule has 9 aromatic rings. The maximum Gasteiger partial charge on any atom is 0.305 e. The van der Waals surface area contributed by atoms with Crippen LogP contribution in [0.5, 0.6) is 5.75 Å². The number of carbonyl (C=O) groups excluding carboxylic acids is 15. The number of nitrogens with zero attached hydrogens (tertiary/aromatic N) is 9. The number of amides is 12. The van der Waals surface area contributed by atoms with Crippen molar-refractivity contribution < 1.29 is 120 Å². The number of carboxylic acids is 3. The summed E-state index contributed by atoms with van der Waals surface area (Å²) in [6, 6.07) is 31.2. The number of methoxy groups -OCH3 is 1. The Morgan fingerprint density at radius 3 is 1.17 bits per heavy atom. The highest BCUT2D eigenvalue weighted by atomic mass is 35.5. The molecule has 6 aliphatic heterocycles. The topological polar surface area (TPSA) is 547 Å². The van der Waals surface area contributed by atoms with E-state index in [1.807, 2.05) is 91.0 Å². The number of aromatic nitrogens is 3. The van der Waals surface area contributed by atoms with Crippen LogP contribution in [0.25, 0.3) is 33.5 Å². The number of hydrazine groups is 3. The monoisotopic (exact) mass is 1940 g/mol. The number of aryl methyl sites for hydroxylation is 4. The van der Waals surface area contributed by atoms with Gasteiger partial charge in [0.1, 0.15) is 65.6 Å². The van der Waals surface area contributed by atoms with E-state index in [4.69, 9.17) is 41.2 Å². The number of fused-ring (bicyclic) bond motifs is 5. The first-order valence-electron chi connectivity index (χ1n) is 44.1. The van der Waals surface area contributed by atoms with Crippen LogP contribution in [0.3, 0.4) is 0 Å². The second-order valence-corrected chi connectivity index (χ2v) is 33.8. The van der Waals surface area contributed by atoms with E-state index in [1.54, 1.807) is 61.5 Å². The van der Waals surface area contributed by atoms with Crippen LogP contribution in [-0.4, -0.2) is 248 Å². The molecule has 728 valence electrons. The van der Waals surface area contributed by atoms with Gasteiger partial charge >= 0.3 is 17.9 Å². The second kappa shape index (κ2) is 47.4. The van der Waals surface area contributed by atoms with Crippen molar-refractivity contribution in [2.45, 2.75) is 211 Å². The van der Waals surface area contributed by atoms with Crippen molar-refractivity contribution in [3.05, 3.63) is 202 Å². The number of benzene rings is 6. The van der Waals surface area contributed by atoms with E-state index in [0.717, 1.165) is 37.3 Å². The number of nitrogens with one attached hydrogen (secondary N) is 6. The van der Waals surface area contributed by atoms with Gasteiger partial charge in [-0.25, -0.2) is 30.0 Å². The molecule has 0 unspecified atom stereocenters. The van der Waals surface area contributed by atoms with Gasteiger partial charge in [-0.15, -0.1) is 0 Å². The van der Waals surface area contributed by atoms with Crippen LogP contribution in [0.15, 0.2) is 165 Å². The minimum atomic E-state index is -1.63. The summed E-state index contributed by atoms with van der Waals surface area (Å²) in [7, 11) is 1.42. The summed E-state index contributed by atoms with van der Waals surface area (Å²) >= 11 is 12.5. The Balaban J connectivity index is 0.000000197. The Morgan fingerprint density at radius 1 is 0.442 bits per heavy atom. The minimum absolute atomic E-state index is 0. The van der Waals surface area contributed by atoms with Gasteiger partial charge in [-0.1, -0.05) is 153 Å². The number of para-hydroxylation sites is 2. The molecule has 6 fully saturated rings. The maximum atomic E-state index is 13.8. The summed E-state index contributed by atoms with van der Waals surface area (Å²) in [5.41, 5.74) is 5.10. The van der Waals surface area contributed by atoms with Crippen LogP contribution in [0.2, 0.25) is 10.0 Å². The van der Waals surface area contributed by atoms with Crippen molar-refractivity contribution in [3.8, 4) is 17.1 Å². The molecule has 0 radical (unpaired) electrons. The van der Waals surface area contributed by atoms with Crippen molar-refractivity contribution in [2.75, 3.05) is 26.7 Å². The van der Waals surface area contributed by atoms with Crippen LogP contribution in [0.1, 0.15) is 185 Å².